The van der Waals surface area contributed by atoms with Crippen molar-refractivity contribution in [2.24, 2.45) is 5.73 Å². The molecule has 0 radical (unpaired) electrons. The number of nitrogens with two attached hydrogens (primary N) is 1. The first-order valence-corrected chi connectivity index (χ1v) is 8.22. The number of amides is 1. The van der Waals surface area contributed by atoms with Gasteiger partial charge in [-0.3, -0.25) is 4.79 Å². The minimum Gasteiger partial charge on any atom is -0.391 e. The molecule has 1 saturated carbocycles. The first-order chi connectivity index (χ1) is 9.94. The Morgan fingerprint density at radius 1 is 1.29 bits per heavy atom. The van der Waals surface area contributed by atoms with Gasteiger partial charge in [0.2, 0.25) is 0 Å². The summed E-state index contributed by atoms with van der Waals surface area (Å²) in [6.45, 7) is 0. The Hall–Kier alpha value is -1.01. The van der Waals surface area contributed by atoms with E-state index in [0.29, 0.717) is 17.3 Å². The Balaban J connectivity index is 2.24. The maximum atomic E-state index is 13.9. The van der Waals surface area contributed by atoms with Crippen LogP contribution in [-0.2, 0) is 0 Å². The fourth-order valence-corrected chi connectivity index (χ4v) is 3.31. The van der Waals surface area contributed by atoms with Crippen molar-refractivity contribution in [3.8, 4) is 0 Å². The lowest BCUT2D eigenvalue weighted by molar-refractivity contribution is 0.0913. The molecular weight excluding hydrogens is 355 g/mol. The maximum Gasteiger partial charge on any atom is 0.255 e. The molecule has 21 heavy (non-hydrogen) atoms. The van der Waals surface area contributed by atoms with Crippen molar-refractivity contribution in [3.05, 3.63) is 34.1 Å². The van der Waals surface area contributed by atoms with E-state index in [1.807, 2.05) is 0 Å². The summed E-state index contributed by atoms with van der Waals surface area (Å²) in [4.78, 5) is 12.7. The zero-order valence-corrected chi connectivity index (χ0v) is 14.0. The normalized spacial score (nSPS) is 17.8. The largest absolute Gasteiger partial charge is 0.391 e. The number of nitrogens with one attached hydrogen (secondary N) is 1. The van der Waals surface area contributed by atoms with E-state index in [9.17, 15) is 9.18 Å². The second kappa shape index (κ2) is 6.83. The van der Waals surface area contributed by atoms with Crippen molar-refractivity contribution in [3.63, 3.8) is 0 Å². The molecular formula is C15H18BrFN2OS. The van der Waals surface area contributed by atoms with Crippen LogP contribution in [0.25, 0.3) is 0 Å². The van der Waals surface area contributed by atoms with E-state index < -0.39 is 17.3 Å². The molecule has 0 aromatic heterocycles. The summed E-state index contributed by atoms with van der Waals surface area (Å²) in [6.07, 6.45) is 5.55. The van der Waals surface area contributed by atoms with Gasteiger partial charge in [0.05, 0.1) is 16.1 Å². The highest BCUT2D eigenvalue weighted by molar-refractivity contribution is 9.10. The minimum absolute atomic E-state index is 0.0121. The van der Waals surface area contributed by atoms with Gasteiger partial charge in [-0.1, -0.05) is 53.8 Å². The Labute approximate surface area is 137 Å². The van der Waals surface area contributed by atoms with Crippen LogP contribution in [0, 0.1) is 5.82 Å². The smallest absolute Gasteiger partial charge is 0.255 e. The molecule has 1 amide bonds. The number of carbonyl (C=O) groups is 1. The lowest BCUT2D eigenvalue weighted by Gasteiger charge is -2.33. The van der Waals surface area contributed by atoms with E-state index >= 15 is 0 Å². The topological polar surface area (TPSA) is 55.1 Å². The second-order valence-electron chi connectivity index (χ2n) is 5.44. The summed E-state index contributed by atoms with van der Waals surface area (Å²) in [7, 11) is 0. The summed E-state index contributed by atoms with van der Waals surface area (Å²) in [5.74, 6) is -1.02. The molecule has 1 aliphatic rings. The zero-order chi connectivity index (χ0) is 15.5. The van der Waals surface area contributed by atoms with Crippen LogP contribution >= 0.6 is 28.1 Å². The third-order valence-corrected chi connectivity index (χ3v) is 4.84. The van der Waals surface area contributed by atoms with E-state index in [1.165, 1.54) is 12.1 Å². The molecule has 2 rings (SSSR count). The highest BCUT2D eigenvalue weighted by Crippen LogP contribution is 2.28. The number of benzene rings is 1. The predicted octanol–water partition coefficient (Wildman–Crippen LogP) is 3.70. The molecule has 0 aliphatic heterocycles. The van der Waals surface area contributed by atoms with Crippen LogP contribution in [0.2, 0.25) is 0 Å². The van der Waals surface area contributed by atoms with Crippen molar-refractivity contribution in [1.82, 2.24) is 5.32 Å². The lowest BCUT2D eigenvalue weighted by atomic mass is 9.89. The van der Waals surface area contributed by atoms with Crippen LogP contribution < -0.4 is 11.1 Å². The summed E-state index contributed by atoms with van der Waals surface area (Å²) in [5, 5.41) is 2.89. The lowest BCUT2D eigenvalue weighted by Crippen LogP contribution is -2.56. The highest BCUT2D eigenvalue weighted by atomic mass is 79.9. The maximum absolute atomic E-state index is 13.9. The molecule has 1 aromatic rings. The second-order valence-corrected chi connectivity index (χ2v) is 6.79. The van der Waals surface area contributed by atoms with Crippen molar-refractivity contribution in [2.45, 2.75) is 44.1 Å². The van der Waals surface area contributed by atoms with Gasteiger partial charge in [0.15, 0.2) is 0 Å². The number of thiocarbonyl (C=S) groups is 1. The summed E-state index contributed by atoms with van der Waals surface area (Å²) < 4.78 is 14.5. The SMILES string of the molecule is NC(=S)C1(NC(=O)c2ccc(Br)cc2F)CCCCCC1. The summed E-state index contributed by atoms with van der Waals surface area (Å²) >= 11 is 8.35. The van der Waals surface area contributed by atoms with Crippen LogP contribution in [0.15, 0.2) is 22.7 Å². The molecule has 0 spiro atoms. The molecule has 0 bridgehead atoms. The third kappa shape index (κ3) is 3.80. The first-order valence-electron chi connectivity index (χ1n) is 7.02. The molecule has 3 N–H and O–H groups in total. The monoisotopic (exact) mass is 372 g/mol. The molecule has 0 saturated heterocycles. The van der Waals surface area contributed by atoms with Gasteiger partial charge in [0.25, 0.3) is 5.91 Å². The van der Waals surface area contributed by atoms with Crippen molar-refractivity contribution in [2.75, 3.05) is 0 Å². The van der Waals surface area contributed by atoms with Crippen LogP contribution in [0.5, 0.6) is 0 Å². The Bertz CT molecular complexity index is 557. The molecule has 0 heterocycles. The number of carbonyl (C=O) groups excluding carboxylic acids is 1. The standard InChI is InChI=1S/C15H18BrFN2OS/c16-10-5-6-11(12(17)9-10)13(20)19-15(14(18)21)7-3-1-2-4-8-15/h5-6,9H,1-4,7-8H2,(H2,18,21)(H,19,20). The highest BCUT2D eigenvalue weighted by Gasteiger charge is 2.36. The van der Waals surface area contributed by atoms with Gasteiger partial charge in [-0.05, 0) is 31.0 Å². The molecule has 1 fully saturated rings. The van der Waals surface area contributed by atoms with Crippen LogP contribution in [0.1, 0.15) is 48.9 Å². The van der Waals surface area contributed by atoms with E-state index in [1.54, 1.807) is 6.07 Å². The number of hydrogen-bond donors (Lipinski definition) is 2. The van der Waals surface area contributed by atoms with Crippen molar-refractivity contribution in [1.29, 1.82) is 0 Å². The Morgan fingerprint density at radius 2 is 1.90 bits per heavy atom. The van der Waals surface area contributed by atoms with Gasteiger partial charge in [-0.15, -0.1) is 0 Å². The number of halogens is 2. The fraction of sp³-hybridized carbons (Fsp3) is 0.467. The van der Waals surface area contributed by atoms with Gasteiger partial charge in [-0.25, -0.2) is 4.39 Å². The van der Waals surface area contributed by atoms with Crippen molar-refractivity contribution >= 4 is 39.0 Å². The van der Waals surface area contributed by atoms with Crippen LogP contribution in [-0.4, -0.2) is 16.4 Å². The summed E-state index contributed by atoms with van der Waals surface area (Å²) in [6, 6.07) is 4.37. The van der Waals surface area contributed by atoms with E-state index in [-0.39, 0.29) is 10.6 Å². The van der Waals surface area contributed by atoms with Crippen LogP contribution in [0.4, 0.5) is 4.39 Å². The molecule has 6 heteroatoms. The zero-order valence-electron chi connectivity index (χ0n) is 11.6. The Morgan fingerprint density at radius 3 is 2.43 bits per heavy atom. The molecule has 3 nitrogen and oxygen atoms in total. The average Bonchev–Trinajstić information content (AvgIpc) is 2.65. The van der Waals surface area contributed by atoms with Crippen molar-refractivity contribution < 1.29 is 9.18 Å². The van der Waals surface area contributed by atoms with Gasteiger partial charge in [-0.2, -0.15) is 0 Å². The van der Waals surface area contributed by atoms with Gasteiger partial charge in [0.1, 0.15) is 5.82 Å². The molecule has 1 aromatic carbocycles. The fourth-order valence-electron chi connectivity index (χ4n) is 2.72. The predicted molar refractivity (Wildman–Crippen MR) is 88.8 cm³/mol. The van der Waals surface area contributed by atoms with E-state index in [0.717, 1.165) is 25.7 Å². The molecule has 1 aliphatic carbocycles. The number of rotatable bonds is 3. The quantitative estimate of drug-likeness (QED) is 0.628. The van der Waals surface area contributed by atoms with Gasteiger partial charge in [0, 0.05) is 4.47 Å². The summed E-state index contributed by atoms with van der Waals surface area (Å²) in [5.41, 5.74) is 5.20. The minimum atomic E-state index is -0.692. The Kier molecular flexibility index (Phi) is 5.32. The van der Waals surface area contributed by atoms with Crippen LogP contribution in [0.3, 0.4) is 0 Å². The third-order valence-electron chi connectivity index (χ3n) is 3.96. The first kappa shape index (κ1) is 16.4. The van der Waals surface area contributed by atoms with E-state index in [2.05, 4.69) is 21.2 Å². The average molecular weight is 373 g/mol. The number of hydrogen-bond acceptors (Lipinski definition) is 2. The molecule has 0 atom stereocenters. The van der Waals surface area contributed by atoms with Gasteiger partial charge < -0.3 is 11.1 Å². The van der Waals surface area contributed by atoms with E-state index in [4.69, 9.17) is 18.0 Å². The van der Waals surface area contributed by atoms with Gasteiger partial charge >= 0.3 is 0 Å². The molecule has 0 unspecified atom stereocenters. The molecule has 114 valence electrons.